The molecule has 0 fully saturated rings. The van der Waals surface area contributed by atoms with Crippen LogP contribution in [0.5, 0.6) is 0 Å². The van der Waals surface area contributed by atoms with Gasteiger partial charge in [-0.15, -0.1) is 12.3 Å². The minimum atomic E-state index is -1.05. The van der Waals surface area contributed by atoms with Gasteiger partial charge in [-0.25, -0.2) is 0 Å². The zero-order chi connectivity index (χ0) is 21.5. The van der Waals surface area contributed by atoms with Crippen molar-refractivity contribution in [2.45, 2.75) is 12.5 Å². The first-order valence-corrected chi connectivity index (χ1v) is 7.98. The molecule has 0 rings (SSSR count). The van der Waals surface area contributed by atoms with Crippen LogP contribution in [-0.2, 0) is 28.8 Å². The average Bonchev–Trinajstić information content (AvgIpc) is 2.66. The SMILES string of the molecule is C#CC[C@H](NC(=O)CNC(=O)CNC(=O)CNC(=O)CNC(=O)CN)C(N)=O. The molecule has 0 spiro atoms. The van der Waals surface area contributed by atoms with E-state index in [4.69, 9.17) is 17.9 Å². The summed E-state index contributed by atoms with van der Waals surface area (Å²) in [5.74, 6) is -1.81. The highest BCUT2D eigenvalue weighted by Gasteiger charge is 2.17. The summed E-state index contributed by atoms with van der Waals surface area (Å²) < 4.78 is 0. The smallest absolute Gasteiger partial charge is 0.240 e. The molecule has 0 unspecified atom stereocenters. The first-order chi connectivity index (χ1) is 13.2. The Morgan fingerprint density at radius 2 is 1.14 bits per heavy atom. The molecular formula is C15H23N7O6. The van der Waals surface area contributed by atoms with Crippen molar-refractivity contribution >= 4 is 35.4 Å². The van der Waals surface area contributed by atoms with Crippen LogP contribution in [0.25, 0.3) is 0 Å². The third kappa shape index (κ3) is 11.8. The minimum absolute atomic E-state index is 0.0906. The van der Waals surface area contributed by atoms with Crippen LogP contribution in [0, 0.1) is 12.3 Å². The van der Waals surface area contributed by atoms with Crippen molar-refractivity contribution < 1.29 is 28.8 Å². The van der Waals surface area contributed by atoms with E-state index < -0.39 is 61.1 Å². The van der Waals surface area contributed by atoms with Crippen LogP contribution in [0.3, 0.4) is 0 Å². The summed E-state index contributed by atoms with van der Waals surface area (Å²) in [5.41, 5.74) is 10.1. The standard InChI is InChI=1S/C15H23N7O6/c1-2-3-9(15(17)28)22-14(27)8-21-13(26)7-20-12(25)6-19-11(24)5-18-10(23)4-16/h1,9H,3-8,16H2,(H2,17,28)(H,18,23)(H,19,24)(H,20,25)(H,21,26)(H,22,27)/t9-/m0/s1. The van der Waals surface area contributed by atoms with Gasteiger partial charge in [-0.2, -0.15) is 0 Å². The van der Waals surface area contributed by atoms with Crippen molar-refractivity contribution in [3.63, 3.8) is 0 Å². The second-order valence-electron chi connectivity index (χ2n) is 5.24. The van der Waals surface area contributed by atoms with Crippen molar-refractivity contribution in [1.82, 2.24) is 26.6 Å². The lowest BCUT2D eigenvalue weighted by molar-refractivity contribution is -0.129. The first-order valence-electron chi connectivity index (χ1n) is 7.98. The molecule has 6 amide bonds. The van der Waals surface area contributed by atoms with Crippen LogP contribution in [0.4, 0.5) is 0 Å². The monoisotopic (exact) mass is 397 g/mol. The molecule has 9 N–H and O–H groups in total. The molecular weight excluding hydrogens is 374 g/mol. The lowest BCUT2D eigenvalue weighted by Gasteiger charge is -2.13. The molecule has 0 heterocycles. The van der Waals surface area contributed by atoms with Crippen molar-refractivity contribution in [2.24, 2.45) is 11.5 Å². The number of carbonyl (C=O) groups excluding carboxylic acids is 6. The largest absolute Gasteiger partial charge is 0.368 e. The maximum Gasteiger partial charge on any atom is 0.240 e. The van der Waals surface area contributed by atoms with Gasteiger partial charge in [0.2, 0.25) is 35.4 Å². The summed E-state index contributed by atoms with van der Waals surface area (Å²) in [5, 5.41) is 11.1. The van der Waals surface area contributed by atoms with Gasteiger partial charge >= 0.3 is 0 Å². The zero-order valence-electron chi connectivity index (χ0n) is 15.0. The Balaban J connectivity index is 4.02. The van der Waals surface area contributed by atoms with Gasteiger partial charge in [-0.1, -0.05) is 0 Å². The van der Waals surface area contributed by atoms with Crippen molar-refractivity contribution in [3.8, 4) is 12.3 Å². The Kier molecular flexibility index (Phi) is 11.8. The molecule has 0 aliphatic rings. The molecule has 0 radical (unpaired) electrons. The molecule has 0 aromatic heterocycles. The molecule has 13 nitrogen and oxygen atoms in total. The van der Waals surface area contributed by atoms with Crippen LogP contribution in [0.15, 0.2) is 0 Å². The molecule has 0 saturated heterocycles. The van der Waals surface area contributed by atoms with E-state index in [2.05, 4.69) is 32.5 Å². The second-order valence-corrected chi connectivity index (χ2v) is 5.24. The van der Waals surface area contributed by atoms with E-state index in [0.717, 1.165) is 0 Å². The van der Waals surface area contributed by atoms with E-state index >= 15 is 0 Å². The molecule has 0 aromatic rings. The van der Waals surface area contributed by atoms with E-state index in [-0.39, 0.29) is 19.5 Å². The van der Waals surface area contributed by atoms with Gasteiger partial charge in [0.1, 0.15) is 6.04 Å². The molecule has 0 aliphatic carbocycles. The first kappa shape index (κ1) is 24.3. The van der Waals surface area contributed by atoms with Crippen molar-refractivity contribution in [3.05, 3.63) is 0 Å². The Bertz CT molecular complexity index is 658. The fourth-order valence-electron chi connectivity index (χ4n) is 1.56. The molecule has 13 heteroatoms. The molecule has 0 aromatic carbocycles. The van der Waals surface area contributed by atoms with Gasteiger partial charge in [-0.05, 0) is 0 Å². The number of hydrogen-bond donors (Lipinski definition) is 7. The molecule has 1 atom stereocenters. The third-order valence-electron chi connectivity index (χ3n) is 2.97. The number of amides is 6. The fraction of sp³-hybridized carbons (Fsp3) is 0.467. The Hall–Kier alpha value is -3.66. The summed E-state index contributed by atoms with van der Waals surface area (Å²) in [7, 11) is 0. The van der Waals surface area contributed by atoms with Crippen molar-refractivity contribution in [1.29, 1.82) is 0 Å². The summed E-state index contributed by atoms with van der Waals surface area (Å²) in [4.78, 5) is 68.0. The number of primary amides is 1. The molecule has 0 saturated carbocycles. The van der Waals surface area contributed by atoms with Gasteiger partial charge in [-0.3, -0.25) is 28.8 Å². The summed E-state index contributed by atoms with van der Waals surface area (Å²) in [6, 6.07) is -1.05. The van der Waals surface area contributed by atoms with Crippen LogP contribution in [-0.4, -0.2) is 74.2 Å². The maximum atomic E-state index is 11.6. The van der Waals surface area contributed by atoms with E-state index in [9.17, 15) is 28.8 Å². The van der Waals surface area contributed by atoms with Crippen LogP contribution in [0.2, 0.25) is 0 Å². The van der Waals surface area contributed by atoms with Gasteiger partial charge in [0.15, 0.2) is 0 Å². The summed E-state index contributed by atoms with van der Waals surface area (Å²) in [6.07, 6.45) is 4.95. The number of nitrogens with two attached hydrogens (primary N) is 2. The topological polar surface area (TPSA) is 215 Å². The molecule has 154 valence electrons. The second kappa shape index (κ2) is 13.5. The highest BCUT2D eigenvalue weighted by molar-refractivity contribution is 5.92. The third-order valence-corrected chi connectivity index (χ3v) is 2.97. The van der Waals surface area contributed by atoms with Crippen LogP contribution >= 0.6 is 0 Å². The van der Waals surface area contributed by atoms with Gasteiger partial charge < -0.3 is 38.1 Å². The van der Waals surface area contributed by atoms with Gasteiger partial charge in [0, 0.05) is 6.42 Å². The Morgan fingerprint density at radius 3 is 1.50 bits per heavy atom. The van der Waals surface area contributed by atoms with Gasteiger partial charge in [0.05, 0.1) is 32.7 Å². The normalized spacial score (nSPS) is 10.6. The van der Waals surface area contributed by atoms with Crippen molar-refractivity contribution in [2.75, 3.05) is 32.7 Å². The number of carbonyl (C=O) groups is 6. The highest BCUT2D eigenvalue weighted by Crippen LogP contribution is 1.88. The number of hydrogen-bond acceptors (Lipinski definition) is 7. The number of terminal acetylenes is 1. The molecule has 0 aliphatic heterocycles. The summed E-state index contributed by atoms with van der Waals surface area (Å²) in [6.45, 7) is -1.94. The van der Waals surface area contributed by atoms with Gasteiger partial charge in [0.25, 0.3) is 0 Å². The van der Waals surface area contributed by atoms with E-state index in [0.29, 0.717) is 0 Å². The Morgan fingerprint density at radius 1 is 0.750 bits per heavy atom. The highest BCUT2D eigenvalue weighted by atomic mass is 16.2. The minimum Gasteiger partial charge on any atom is -0.368 e. The maximum absolute atomic E-state index is 11.6. The van der Waals surface area contributed by atoms with Crippen LogP contribution in [0.1, 0.15) is 6.42 Å². The fourth-order valence-corrected chi connectivity index (χ4v) is 1.56. The zero-order valence-corrected chi connectivity index (χ0v) is 15.0. The van der Waals surface area contributed by atoms with Crippen LogP contribution < -0.4 is 38.1 Å². The number of rotatable bonds is 12. The lowest BCUT2D eigenvalue weighted by Crippen LogP contribution is -2.49. The molecule has 0 bridgehead atoms. The predicted molar refractivity (Wildman–Crippen MR) is 95.7 cm³/mol. The quantitative estimate of drug-likeness (QED) is 0.158. The van der Waals surface area contributed by atoms with E-state index in [1.54, 1.807) is 0 Å². The lowest BCUT2D eigenvalue weighted by atomic mass is 10.2. The average molecular weight is 397 g/mol. The van der Waals surface area contributed by atoms with E-state index in [1.165, 1.54) is 0 Å². The predicted octanol–water partition coefficient (Wildman–Crippen LogP) is -5.60. The molecule has 28 heavy (non-hydrogen) atoms. The van der Waals surface area contributed by atoms with E-state index in [1.807, 2.05) is 0 Å². The summed E-state index contributed by atoms with van der Waals surface area (Å²) >= 11 is 0. The number of nitrogens with one attached hydrogen (secondary N) is 5. The Labute approximate surface area is 160 Å².